The maximum atomic E-state index is 14.6. The molecular formula is C31H36N2O2S. The van der Waals surface area contributed by atoms with E-state index in [0.29, 0.717) is 27.7 Å². The van der Waals surface area contributed by atoms with E-state index < -0.39 is 10.0 Å². The summed E-state index contributed by atoms with van der Waals surface area (Å²) in [6, 6.07) is 19.7. The first-order valence-electron chi connectivity index (χ1n) is 12.7. The third-order valence-electron chi connectivity index (χ3n) is 6.62. The minimum Gasteiger partial charge on any atom is -0.228 e. The Labute approximate surface area is 215 Å². The topological polar surface area (TPSA) is 52.0 Å². The number of aromatic nitrogens is 2. The second-order valence-corrected chi connectivity index (χ2v) is 12.2. The van der Waals surface area contributed by atoms with Gasteiger partial charge in [0.1, 0.15) is 5.82 Å². The van der Waals surface area contributed by atoms with Crippen molar-refractivity contribution in [2.45, 2.75) is 71.1 Å². The predicted molar refractivity (Wildman–Crippen MR) is 151 cm³/mol. The fourth-order valence-corrected chi connectivity index (χ4v) is 6.64. The molecule has 0 atom stereocenters. The van der Waals surface area contributed by atoms with Gasteiger partial charge in [-0.25, -0.2) is 17.4 Å². The molecule has 4 aromatic rings. The smallest absolute Gasteiger partial charge is 0.228 e. The summed E-state index contributed by atoms with van der Waals surface area (Å²) in [5.41, 5.74) is 6.28. The maximum absolute atomic E-state index is 14.6. The number of imidazole rings is 1. The van der Waals surface area contributed by atoms with E-state index in [9.17, 15) is 8.42 Å². The van der Waals surface area contributed by atoms with Gasteiger partial charge in [-0.3, -0.25) is 0 Å². The Morgan fingerprint density at radius 3 is 1.92 bits per heavy atom. The number of aryl methyl sites for hydroxylation is 1. The molecule has 3 aromatic carbocycles. The van der Waals surface area contributed by atoms with Crippen LogP contribution in [0.5, 0.6) is 0 Å². The molecule has 0 aliphatic rings. The molecule has 0 radical (unpaired) electrons. The predicted octanol–water partition coefficient (Wildman–Crippen LogP) is 8.12. The third-order valence-corrected chi connectivity index (χ3v) is 8.48. The van der Waals surface area contributed by atoms with Crippen molar-refractivity contribution in [2.24, 2.45) is 0 Å². The van der Waals surface area contributed by atoms with Crippen molar-refractivity contribution in [2.75, 3.05) is 0 Å². The highest BCUT2D eigenvalue weighted by atomic mass is 32.2. The van der Waals surface area contributed by atoms with E-state index in [1.165, 1.54) is 9.54 Å². The molecule has 0 spiro atoms. The zero-order valence-corrected chi connectivity index (χ0v) is 23.1. The van der Waals surface area contributed by atoms with Crippen LogP contribution in [0.25, 0.3) is 23.2 Å². The highest BCUT2D eigenvalue weighted by Gasteiger charge is 2.31. The Kier molecular flexibility index (Phi) is 7.24. The molecule has 4 rings (SSSR count). The molecule has 188 valence electrons. The van der Waals surface area contributed by atoms with Gasteiger partial charge in [-0.15, -0.1) is 0 Å². The van der Waals surface area contributed by atoms with E-state index in [1.807, 2.05) is 61.5 Å². The molecule has 0 N–H and O–H groups in total. The monoisotopic (exact) mass is 500 g/mol. The molecular weight excluding hydrogens is 464 g/mol. The van der Waals surface area contributed by atoms with Gasteiger partial charge in [-0.1, -0.05) is 102 Å². The van der Waals surface area contributed by atoms with Gasteiger partial charge in [0, 0.05) is 0 Å². The van der Waals surface area contributed by atoms with Crippen LogP contribution in [0.3, 0.4) is 0 Å². The lowest BCUT2D eigenvalue weighted by Crippen LogP contribution is -2.20. The Morgan fingerprint density at radius 1 is 0.778 bits per heavy atom. The molecule has 0 saturated heterocycles. The number of benzene rings is 3. The molecule has 0 fully saturated rings. The summed E-state index contributed by atoms with van der Waals surface area (Å²) >= 11 is 0. The van der Waals surface area contributed by atoms with Crippen molar-refractivity contribution in [3.8, 4) is 0 Å². The summed E-state index contributed by atoms with van der Waals surface area (Å²) in [5, 5.41) is 0. The van der Waals surface area contributed by atoms with Crippen molar-refractivity contribution in [3.05, 3.63) is 94.3 Å². The molecule has 0 bridgehead atoms. The normalized spacial score (nSPS) is 12.6. The summed E-state index contributed by atoms with van der Waals surface area (Å²) in [6.45, 7) is 14.6. The number of hydrogen-bond acceptors (Lipinski definition) is 3. The molecule has 0 aliphatic heterocycles. The van der Waals surface area contributed by atoms with Gasteiger partial charge in [0.15, 0.2) is 0 Å². The van der Waals surface area contributed by atoms with Gasteiger partial charge in [0.25, 0.3) is 10.0 Å². The lowest BCUT2D eigenvalue weighted by Gasteiger charge is -2.23. The van der Waals surface area contributed by atoms with E-state index in [2.05, 4.69) is 53.7 Å². The average molecular weight is 501 g/mol. The highest BCUT2D eigenvalue weighted by molar-refractivity contribution is 7.90. The second kappa shape index (κ2) is 10.1. The van der Waals surface area contributed by atoms with E-state index in [-0.39, 0.29) is 11.8 Å². The van der Waals surface area contributed by atoms with Crippen molar-refractivity contribution < 1.29 is 8.42 Å². The van der Waals surface area contributed by atoms with Crippen LogP contribution >= 0.6 is 0 Å². The van der Waals surface area contributed by atoms with Crippen LogP contribution in [-0.4, -0.2) is 17.4 Å². The molecule has 1 heterocycles. The van der Waals surface area contributed by atoms with E-state index in [0.717, 1.165) is 22.3 Å². The lowest BCUT2D eigenvalue weighted by atomic mass is 9.89. The molecule has 0 saturated carbocycles. The Balaban J connectivity index is 2.01. The van der Waals surface area contributed by atoms with Crippen LogP contribution in [0.4, 0.5) is 0 Å². The van der Waals surface area contributed by atoms with E-state index in [1.54, 1.807) is 6.08 Å². The standard InChI is InChI=1S/C31H36N2O2S/c1-20(2)25-18-26(21(3)4)31(27(19-25)22(5)6)36(34,35)33-29-11-9-8-10-28(29)32-30(33)17-16-24-14-12-23(7)13-15-24/h8-22H,1-7H3. The van der Waals surface area contributed by atoms with Crippen LogP contribution < -0.4 is 0 Å². The minimum absolute atomic E-state index is 0.0484. The lowest BCUT2D eigenvalue weighted by molar-refractivity contribution is 0.582. The summed E-state index contributed by atoms with van der Waals surface area (Å²) in [5.74, 6) is 0.799. The average Bonchev–Trinajstić information content (AvgIpc) is 3.22. The first-order valence-corrected chi connectivity index (χ1v) is 14.1. The van der Waals surface area contributed by atoms with Gasteiger partial charge in [0.05, 0.1) is 15.9 Å². The largest absolute Gasteiger partial charge is 0.270 e. The molecule has 4 nitrogen and oxygen atoms in total. The quantitative estimate of drug-likeness (QED) is 0.257. The molecule has 36 heavy (non-hydrogen) atoms. The minimum atomic E-state index is -3.95. The zero-order chi connectivity index (χ0) is 26.2. The second-order valence-electron chi connectivity index (χ2n) is 10.5. The van der Waals surface area contributed by atoms with Gasteiger partial charge >= 0.3 is 0 Å². The summed E-state index contributed by atoms with van der Waals surface area (Å²) in [4.78, 5) is 5.14. The van der Waals surface area contributed by atoms with Crippen molar-refractivity contribution in [1.82, 2.24) is 8.96 Å². The Hall–Kier alpha value is -3.18. The van der Waals surface area contributed by atoms with Crippen LogP contribution in [0.2, 0.25) is 0 Å². The number of hydrogen-bond donors (Lipinski definition) is 0. The van der Waals surface area contributed by atoms with Crippen LogP contribution in [0.1, 0.15) is 92.9 Å². The Morgan fingerprint density at radius 2 is 1.36 bits per heavy atom. The van der Waals surface area contributed by atoms with Crippen LogP contribution in [-0.2, 0) is 10.0 Å². The Bertz CT molecular complexity index is 1490. The first kappa shape index (κ1) is 25.9. The summed E-state index contributed by atoms with van der Waals surface area (Å²) in [7, 11) is -3.95. The van der Waals surface area contributed by atoms with Gasteiger partial charge < -0.3 is 0 Å². The van der Waals surface area contributed by atoms with Crippen molar-refractivity contribution >= 4 is 33.2 Å². The highest BCUT2D eigenvalue weighted by Crippen LogP contribution is 2.37. The zero-order valence-electron chi connectivity index (χ0n) is 22.3. The fourth-order valence-electron chi connectivity index (χ4n) is 4.51. The van der Waals surface area contributed by atoms with Crippen molar-refractivity contribution in [3.63, 3.8) is 0 Å². The van der Waals surface area contributed by atoms with E-state index >= 15 is 0 Å². The fraction of sp³-hybridized carbons (Fsp3) is 0.323. The molecule has 0 amide bonds. The number of nitrogens with zero attached hydrogens (tertiary/aromatic N) is 2. The molecule has 0 aliphatic carbocycles. The van der Waals surface area contributed by atoms with Gasteiger partial charge in [0.2, 0.25) is 0 Å². The number of rotatable bonds is 7. The van der Waals surface area contributed by atoms with Crippen molar-refractivity contribution in [1.29, 1.82) is 0 Å². The SMILES string of the molecule is Cc1ccc(C=Cc2nc3ccccc3n2S(=O)(=O)c2c(C(C)C)cc(C(C)C)cc2C(C)C)cc1. The summed E-state index contributed by atoms with van der Waals surface area (Å²) < 4.78 is 30.6. The molecule has 5 heteroatoms. The van der Waals surface area contributed by atoms with Gasteiger partial charge in [-0.05, 0) is 65.1 Å². The third kappa shape index (κ3) is 4.90. The molecule has 0 unspecified atom stereocenters. The van der Waals surface area contributed by atoms with Crippen LogP contribution in [0.15, 0.2) is 65.6 Å². The first-order chi connectivity index (χ1) is 17.0. The van der Waals surface area contributed by atoms with Gasteiger partial charge in [-0.2, -0.15) is 0 Å². The summed E-state index contributed by atoms with van der Waals surface area (Å²) in [6.07, 6.45) is 3.72. The van der Waals surface area contributed by atoms with Crippen LogP contribution in [0, 0.1) is 6.92 Å². The molecule has 1 aromatic heterocycles. The maximum Gasteiger partial charge on any atom is 0.270 e. The van der Waals surface area contributed by atoms with E-state index in [4.69, 9.17) is 4.98 Å². The number of fused-ring (bicyclic) bond motifs is 1. The number of para-hydroxylation sites is 2.